The van der Waals surface area contributed by atoms with E-state index in [2.05, 4.69) is 15.4 Å². The van der Waals surface area contributed by atoms with Gasteiger partial charge in [0, 0.05) is 13.1 Å². The molecule has 2 amide bonds. The topological polar surface area (TPSA) is 104 Å². The van der Waals surface area contributed by atoms with E-state index in [-0.39, 0.29) is 44.5 Å². The van der Waals surface area contributed by atoms with Gasteiger partial charge in [-0.2, -0.15) is 4.72 Å². The van der Waals surface area contributed by atoms with Crippen molar-refractivity contribution in [2.24, 2.45) is 28.6 Å². The van der Waals surface area contributed by atoms with Gasteiger partial charge in [-0.05, 0) is 81.3 Å². The first-order valence-corrected chi connectivity index (χ1v) is 13.1. The fraction of sp³-hybridized carbons (Fsp3) is 0.652. The lowest BCUT2D eigenvalue weighted by Crippen LogP contribution is -2.59. The summed E-state index contributed by atoms with van der Waals surface area (Å²) in [5.41, 5.74) is -1.54. The first-order valence-electron chi connectivity index (χ1n) is 11.3. The summed E-state index contributed by atoms with van der Waals surface area (Å²) >= 11 is 6.07. The van der Waals surface area contributed by atoms with Crippen molar-refractivity contribution >= 4 is 33.4 Å². The highest BCUT2D eigenvalue weighted by molar-refractivity contribution is 7.89. The molecule has 32 heavy (non-hydrogen) atoms. The Bertz CT molecular complexity index is 1100. The van der Waals surface area contributed by atoms with E-state index in [1.54, 1.807) is 33.0 Å². The number of halogens is 1. The van der Waals surface area contributed by atoms with Crippen LogP contribution in [0.3, 0.4) is 0 Å². The fourth-order valence-electron chi connectivity index (χ4n) is 7.62. The van der Waals surface area contributed by atoms with Crippen molar-refractivity contribution < 1.29 is 18.0 Å². The van der Waals surface area contributed by atoms with E-state index in [0.29, 0.717) is 11.8 Å². The molecule has 0 saturated heterocycles. The molecular formula is C23H30ClN3O4S. The van der Waals surface area contributed by atoms with Crippen LogP contribution in [0.2, 0.25) is 5.02 Å². The van der Waals surface area contributed by atoms with Gasteiger partial charge in [0.2, 0.25) is 21.8 Å². The summed E-state index contributed by atoms with van der Waals surface area (Å²) < 4.78 is 28.3. The van der Waals surface area contributed by atoms with Gasteiger partial charge >= 0.3 is 0 Å². The maximum Gasteiger partial charge on any atom is 0.243 e. The maximum absolute atomic E-state index is 13.3. The Hall–Kier alpha value is -1.64. The number of rotatable bonds is 6. The molecule has 0 radical (unpaired) electrons. The minimum atomic E-state index is -3.98. The molecular weight excluding hydrogens is 450 g/mol. The molecule has 3 bridgehead atoms. The van der Waals surface area contributed by atoms with Crippen LogP contribution in [-0.4, -0.2) is 38.9 Å². The molecule has 0 heterocycles. The van der Waals surface area contributed by atoms with Crippen LogP contribution in [0.4, 0.5) is 0 Å². The van der Waals surface area contributed by atoms with Crippen molar-refractivity contribution in [2.75, 3.05) is 7.05 Å². The number of carbonyl (C=O) groups excluding carboxylic acids is 2. The summed E-state index contributed by atoms with van der Waals surface area (Å²) in [4.78, 5) is 26.1. The van der Waals surface area contributed by atoms with Crippen molar-refractivity contribution in [3.05, 3.63) is 29.3 Å². The van der Waals surface area contributed by atoms with E-state index in [4.69, 9.17) is 11.6 Å². The van der Waals surface area contributed by atoms with Gasteiger partial charge in [-0.25, -0.2) is 8.42 Å². The summed E-state index contributed by atoms with van der Waals surface area (Å²) in [6.07, 6.45) is 4.74. The third-order valence-corrected chi connectivity index (χ3v) is 11.0. The van der Waals surface area contributed by atoms with Crippen LogP contribution in [0.5, 0.6) is 0 Å². The molecule has 4 saturated carbocycles. The zero-order valence-corrected chi connectivity index (χ0v) is 20.1. The van der Waals surface area contributed by atoms with Gasteiger partial charge in [0.05, 0.1) is 10.4 Å². The summed E-state index contributed by atoms with van der Waals surface area (Å²) in [5, 5.41) is 6.18. The first-order chi connectivity index (χ1) is 15.0. The summed E-state index contributed by atoms with van der Waals surface area (Å²) in [6, 6.07) is 6.14. The molecule has 1 aromatic rings. The van der Waals surface area contributed by atoms with Crippen molar-refractivity contribution in [3.8, 4) is 0 Å². The average Bonchev–Trinajstić information content (AvgIpc) is 3.09. The highest BCUT2D eigenvalue weighted by atomic mass is 35.5. The molecule has 0 aromatic heterocycles. The van der Waals surface area contributed by atoms with Crippen LogP contribution in [0, 0.1) is 28.6 Å². The van der Waals surface area contributed by atoms with E-state index in [9.17, 15) is 18.0 Å². The molecule has 174 valence electrons. The third-order valence-electron chi connectivity index (χ3n) is 8.84. The molecule has 4 aliphatic carbocycles. The standard InChI is InChI=1S/C23H30ClN3O4S/c1-21(2,27-32(30,31)17-7-5-4-6-16(17)24)19(28)26-18-13-8-15-12-23(20(29)25-3)11-14(18)10-22(15,23)9-13/h4-7,13-15,18,27H,8-12H2,1-3H3,(H,25,29)(H,26,28). The molecule has 5 rings (SSSR count). The first kappa shape index (κ1) is 22.2. The van der Waals surface area contributed by atoms with Crippen molar-refractivity contribution in [3.63, 3.8) is 0 Å². The molecule has 4 fully saturated rings. The Balaban J connectivity index is 1.34. The Morgan fingerprint density at radius 2 is 1.78 bits per heavy atom. The zero-order chi connectivity index (χ0) is 23.1. The van der Waals surface area contributed by atoms with Gasteiger partial charge in [-0.1, -0.05) is 23.7 Å². The minimum absolute atomic E-state index is 0.0310. The smallest absolute Gasteiger partial charge is 0.243 e. The highest BCUT2D eigenvalue weighted by Crippen LogP contribution is 2.81. The molecule has 4 aliphatic rings. The summed E-state index contributed by atoms with van der Waals surface area (Å²) in [5.74, 6) is 0.943. The van der Waals surface area contributed by atoms with Crippen LogP contribution >= 0.6 is 11.6 Å². The molecule has 7 nitrogen and oxygen atoms in total. The fourth-order valence-corrected chi connectivity index (χ4v) is 9.51. The monoisotopic (exact) mass is 479 g/mol. The van der Waals surface area contributed by atoms with Gasteiger partial charge in [0.25, 0.3) is 0 Å². The van der Waals surface area contributed by atoms with E-state index in [0.717, 1.165) is 32.1 Å². The second-order valence-electron chi connectivity index (χ2n) is 10.7. The van der Waals surface area contributed by atoms with Crippen molar-refractivity contribution in [1.82, 2.24) is 15.4 Å². The van der Waals surface area contributed by atoms with Gasteiger partial charge in [0.15, 0.2) is 0 Å². The van der Waals surface area contributed by atoms with E-state index in [1.807, 2.05) is 0 Å². The Morgan fingerprint density at radius 1 is 1.09 bits per heavy atom. The van der Waals surface area contributed by atoms with E-state index >= 15 is 0 Å². The van der Waals surface area contributed by atoms with E-state index < -0.39 is 15.6 Å². The number of carbonyl (C=O) groups is 2. The third kappa shape index (κ3) is 2.85. The molecule has 1 aromatic carbocycles. The Labute approximate surface area is 194 Å². The van der Waals surface area contributed by atoms with Gasteiger partial charge in [0.1, 0.15) is 10.4 Å². The van der Waals surface area contributed by atoms with Crippen LogP contribution in [0.15, 0.2) is 29.2 Å². The largest absolute Gasteiger partial charge is 0.359 e. The van der Waals surface area contributed by atoms with E-state index in [1.165, 1.54) is 12.1 Å². The Kier molecular flexibility index (Phi) is 4.80. The quantitative estimate of drug-likeness (QED) is 0.582. The predicted molar refractivity (Wildman–Crippen MR) is 120 cm³/mol. The van der Waals surface area contributed by atoms with Crippen molar-refractivity contribution in [2.45, 2.75) is 62.4 Å². The average molecular weight is 480 g/mol. The number of hydrogen-bond donors (Lipinski definition) is 3. The lowest BCUT2D eigenvalue weighted by Gasteiger charge is -2.57. The Morgan fingerprint density at radius 3 is 2.47 bits per heavy atom. The lowest BCUT2D eigenvalue weighted by atomic mass is 9.46. The number of nitrogens with one attached hydrogen (secondary N) is 3. The van der Waals surface area contributed by atoms with Crippen LogP contribution in [-0.2, 0) is 19.6 Å². The molecule has 9 heteroatoms. The SMILES string of the molecule is CNC(=O)C12CC3CC14CC(CC4C2)C3NC(=O)C(C)(C)NS(=O)(=O)c1ccccc1Cl. The van der Waals surface area contributed by atoms with Crippen LogP contribution in [0.25, 0.3) is 0 Å². The zero-order valence-electron chi connectivity index (χ0n) is 18.6. The minimum Gasteiger partial charge on any atom is -0.359 e. The number of amides is 2. The second kappa shape index (κ2) is 6.93. The maximum atomic E-state index is 13.3. The highest BCUT2D eigenvalue weighted by Gasteiger charge is 2.78. The summed E-state index contributed by atoms with van der Waals surface area (Å²) in [6.45, 7) is 3.13. The number of benzene rings is 1. The van der Waals surface area contributed by atoms with Gasteiger partial charge < -0.3 is 10.6 Å². The van der Waals surface area contributed by atoms with Crippen molar-refractivity contribution in [1.29, 1.82) is 0 Å². The predicted octanol–water partition coefficient (Wildman–Crippen LogP) is 2.45. The second-order valence-corrected chi connectivity index (χ2v) is 12.8. The van der Waals surface area contributed by atoms with Crippen LogP contribution in [0.1, 0.15) is 46.0 Å². The number of sulfonamides is 1. The molecule has 3 N–H and O–H groups in total. The van der Waals surface area contributed by atoms with Gasteiger partial charge in [-0.3, -0.25) is 9.59 Å². The normalized spacial score (nSPS) is 37.0. The molecule has 1 spiro atoms. The number of fused-ring (bicyclic) bond motifs is 2. The van der Waals surface area contributed by atoms with Gasteiger partial charge in [-0.15, -0.1) is 0 Å². The summed E-state index contributed by atoms with van der Waals surface area (Å²) in [7, 11) is -2.27. The number of hydrogen-bond acceptors (Lipinski definition) is 4. The lowest BCUT2D eigenvalue weighted by molar-refractivity contribution is -0.160. The molecule has 6 atom stereocenters. The molecule has 6 unspecified atom stereocenters. The molecule has 0 aliphatic heterocycles. The van der Waals surface area contributed by atoms with Crippen LogP contribution < -0.4 is 15.4 Å².